The normalized spacial score (nSPS) is 11.9. The zero-order valence-electron chi connectivity index (χ0n) is 9.90. The number of hydrogen-bond donors (Lipinski definition) is 1. The van der Waals surface area contributed by atoms with Crippen molar-refractivity contribution in [1.82, 2.24) is 0 Å². The van der Waals surface area contributed by atoms with Gasteiger partial charge in [-0.25, -0.2) is 0 Å². The largest absolute Gasteiger partial charge is 0.468 e. The lowest BCUT2D eigenvalue weighted by molar-refractivity contribution is -0.139. The molecule has 0 aromatic heterocycles. The Morgan fingerprint density at radius 3 is 2.76 bits per heavy atom. The zero-order valence-corrected chi connectivity index (χ0v) is 11.5. The maximum absolute atomic E-state index is 11.2. The molecule has 94 valence electrons. The number of benzene rings is 1. The van der Waals surface area contributed by atoms with Crippen LogP contribution < -0.4 is 5.32 Å². The molecule has 0 amide bonds. The van der Waals surface area contributed by atoms with E-state index in [1.165, 1.54) is 7.11 Å². The van der Waals surface area contributed by atoms with Crippen LogP contribution in [-0.4, -0.2) is 31.6 Å². The highest BCUT2D eigenvalue weighted by Crippen LogP contribution is 2.16. The number of hydrogen-bond acceptors (Lipinski definition) is 4. The molecule has 5 heteroatoms. The van der Waals surface area contributed by atoms with E-state index in [0.717, 1.165) is 11.3 Å². The molecule has 0 heterocycles. The summed E-state index contributed by atoms with van der Waals surface area (Å²) in [7, 11) is 3.02. The monoisotopic (exact) mass is 301 g/mol. The molecule has 1 aromatic rings. The summed E-state index contributed by atoms with van der Waals surface area (Å²) in [5, 5.41) is 3.19. The van der Waals surface area contributed by atoms with Gasteiger partial charge in [0.2, 0.25) is 0 Å². The highest BCUT2D eigenvalue weighted by Gasteiger charge is 2.14. The maximum Gasteiger partial charge on any atom is 0.321 e. The number of methoxy groups -OCH3 is 2. The van der Waals surface area contributed by atoms with E-state index in [0.29, 0.717) is 13.2 Å². The summed E-state index contributed by atoms with van der Waals surface area (Å²) in [5.41, 5.74) is 2.02. The number of rotatable bonds is 6. The van der Waals surface area contributed by atoms with E-state index in [9.17, 15) is 4.79 Å². The van der Waals surface area contributed by atoms with Crippen LogP contribution in [0.3, 0.4) is 0 Å². The van der Waals surface area contributed by atoms with Crippen molar-refractivity contribution in [2.24, 2.45) is 0 Å². The lowest BCUT2D eigenvalue weighted by atomic mass is 10.2. The zero-order chi connectivity index (χ0) is 12.7. The lowest BCUT2D eigenvalue weighted by Crippen LogP contribution is -2.24. The van der Waals surface area contributed by atoms with E-state index in [2.05, 4.69) is 26.0 Å². The molecule has 0 aliphatic carbocycles. The summed E-state index contributed by atoms with van der Waals surface area (Å²) >= 11 is 3.26. The van der Waals surface area contributed by atoms with E-state index in [1.54, 1.807) is 7.11 Å². The van der Waals surface area contributed by atoms with Crippen LogP contribution in [0.4, 0.5) is 5.69 Å². The highest BCUT2D eigenvalue weighted by atomic mass is 79.9. The summed E-state index contributed by atoms with van der Waals surface area (Å²) < 4.78 is 9.73. The first-order chi connectivity index (χ1) is 8.19. The fourth-order valence-corrected chi connectivity index (χ4v) is 1.73. The molecule has 1 atom stereocenters. The Morgan fingerprint density at radius 2 is 2.12 bits per heavy atom. The molecule has 0 saturated heterocycles. The van der Waals surface area contributed by atoms with Crippen molar-refractivity contribution in [2.75, 3.05) is 26.1 Å². The number of ether oxygens (including phenoxy) is 2. The van der Waals surface area contributed by atoms with Gasteiger partial charge in [0.05, 0.1) is 13.7 Å². The van der Waals surface area contributed by atoms with Gasteiger partial charge in [-0.2, -0.15) is 0 Å². The smallest absolute Gasteiger partial charge is 0.321 e. The molecular weight excluding hydrogens is 286 g/mol. The van der Waals surface area contributed by atoms with Crippen molar-refractivity contribution in [2.45, 2.75) is 11.4 Å². The Balaban J connectivity index is 2.59. The van der Waals surface area contributed by atoms with Crippen LogP contribution in [-0.2, 0) is 20.9 Å². The third-order valence-electron chi connectivity index (χ3n) is 2.25. The third kappa shape index (κ3) is 4.36. The third-order valence-corrected chi connectivity index (χ3v) is 2.94. The minimum atomic E-state index is -0.358. The van der Waals surface area contributed by atoms with Crippen molar-refractivity contribution in [1.29, 1.82) is 0 Å². The minimum absolute atomic E-state index is 0.290. The summed E-state index contributed by atoms with van der Waals surface area (Å²) in [6, 6.07) is 7.81. The lowest BCUT2D eigenvalue weighted by Gasteiger charge is -2.13. The second kappa shape index (κ2) is 7.29. The fourth-order valence-electron chi connectivity index (χ4n) is 1.38. The van der Waals surface area contributed by atoms with Crippen molar-refractivity contribution < 1.29 is 14.3 Å². The average Bonchev–Trinajstić information content (AvgIpc) is 2.36. The summed E-state index contributed by atoms with van der Waals surface area (Å²) in [6.45, 7) is 1.00. The quantitative estimate of drug-likeness (QED) is 0.646. The number of carbonyl (C=O) groups is 1. The first-order valence-electron chi connectivity index (χ1n) is 5.21. The molecule has 0 radical (unpaired) electrons. The summed E-state index contributed by atoms with van der Waals surface area (Å²) in [4.78, 5) is 10.9. The van der Waals surface area contributed by atoms with Gasteiger partial charge in [0.1, 0.15) is 4.83 Å². The second-order valence-corrected chi connectivity index (χ2v) is 4.57. The van der Waals surface area contributed by atoms with Crippen LogP contribution in [0, 0.1) is 0 Å². The molecule has 1 rings (SSSR count). The van der Waals surface area contributed by atoms with Gasteiger partial charge >= 0.3 is 5.97 Å². The van der Waals surface area contributed by atoms with Crippen LogP contribution in [0.2, 0.25) is 0 Å². The minimum Gasteiger partial charge on any atom is -0.468 e. The van der Waals surface area contributed by atoms with E-state index in [1.807, 2.05) is 24.3 Å². The van der Waals surface area contributed by atoms with E-state index in [-0.39, 0.29) is 10.8 Å². The fraction of sp³-hybridized carbons (Fsp3) is 0.417. The molecule has 0 spiro atoms. The number of anilines is 1. The predicted octanol–water partition coefficient (Wildman–Crippen LogP) is 2.18. The molecule has 0 fully saturated rings. The Kier molecular flexibility index (Phi) is 6.00. The Morgan fingerprint density at radius 1 is 1.41 bits per heavy atom. The van der Waals surface area contributed by atoms with Gasteiger partial charge in [-0.05, 0) is 6.07 Å². The van der Waals surface area contributed by atoms with Gasteiger partial charge in [0.15, 0.2) is 0 Å². The van der Waals surface area contributed by atoms with E-state index in [4.69, 9.17) is 4.74 Å². The van der Waals surface area contributed by atoms with Crippen molar-refractivity contribution in [3.05, 3.63) is 29.8 Å². The highest BCUT2D eigenvalue weighted by molar-refractivity contribution is 9.10. The predicted molar refractivity (Wildman–Crippen MR) is 70.4 cm³/mol. The molecule has 0 saturated carbocycles. The Bertz CT molecular complexity index is 371. The molecule has 1 aromatic carbocycles. The average molecular weight is 302 g/mol. The maximum atomic E-state index is 11.2. The summed E-state index contributed by atoms with van der Waals surface area (Å²) in [6.07, 6.45) is 0. The molecule has 4 nitrogen and oxygen atoms in total. The topological polar surface area (TPSA) is 47.6 Å². The first-order valence-corrected chi connectivity index (χ1v) is 6.13. The number of carbonyl (C=O) groups excluding carboxylic acids is 1. The number of para-hydroxylation sites is 1. The molecule has 1 N–H and O–H groups in total. The van der Waals surface area contributed by atoms with Crippen molar-refractivity contribution in [3.8, 4) is 0 Å². The number of halogens is 1. The molecule has 1 unspecified atom stereocenters. The van der Waals surface area contributed by atoms with Crippen molar-refractivity contribution in [3.63, 3.8) is 0 Å². The van der Waals surface area contributed by atoms with Gasteiger partial charge < -0.3 is 14.8 Å². The summed E-state index contributed by atoms with van der Waals surface area (Å²) in [5.74, 6) is -0.290. The van der Waals surface area contributed by atoms with Gasteiger partial charge in [0, 0.05) is 24.9 Å². The van der Waals surface area contributed by atoms with Crippen LogP contribution in [0.15, 0.2) is 24.3 Å². The van der Waals surface area contributed by atoms with E-state index < -0.39 is 0 Å². The van der Waals surface area contributed by atoms with Crippen LogP contribution in [0.5, 0.6) is 0 Å². The van der Waals surface area contributed by atoms with Gasteiger partial charge in [0.25, 0.3) is 0 Å². The molecular formula is C12H16BrNO3. The molecule has 17 heavy (non-hydrogen) atoms. The Labute approximate surface area is 109 Å². The van der Waals surface area contributed by atoms with Gasteiger partial charge in [-0.3, -0.25) is 4.79 Å². The Hall–Kier alpha value is -1.07. The van der Waals surface area contributed by atoms with Crippen LogP contribution in [0.1, 0.15) is 5.56 Å². The first kappa shape index (κ1) is 14.0. The standard InChI is InChI=1S/C12H16BrNO3/c1-16-8-9-5-3-4-6-11(9)14-7-10(13)12(15)17-2/h3-6,10,14H,7-8H2,1-2H3. The molecule has 0 aliphatic heterocycles. The van der Waals surface area contributed by atoms with E-state index >= 15 is 0 Å². The SMILES string of the molecule is COCc1ccccc1NCC(Br)C(=O)OC. The second-order valence-electron chi connectivity index (χ2n) is 3.46. The van der Waals surface area contributed by atoms with Gasteiger partial charge in [-0.1, -0.05) is 34.1 Å². The number of nitrogens with one attached hydrogen (secondary N) is 1. The number of alkyl halides is 1. The molecule has 0 aliphatic rings. The van der Waals surface area contributed by atoms with Crippen LogP contribution >= 0.6 is 15.9 Å². The molecule has 0 bridgehead atoms. The van der Waals surface area contributed by atoms with Crippen molar-refractivity contribution >= 4 is 27.6 Å². The number of esters is 1. The van der Waals surface area contributed by atoms with Crippen LogP contribution in [0.25, 0.3) is 0 Å². The van der Waals surface area contributed by atoms with Gasteiger partial charge in [-0.15, -0.1) is 0 Å².